The molecule has 0 heterocycles. The molecular weight excluding hydrogens is 168 g/mol. The van der Waals surface area contributed by atoms with Gasteiger partial charge in [-0.15, -0.1) is 0 Å². The molecule has 0 saturated heterocycles. The van der Waals surface area contributed by atoms with Gasteiger partial charge in [0, 0.05) is 0 Å². The topological polar surface area (TPSA) is 0 Å². The second kappa shape index (κ2) is 5.43. The Morgan fingerprint density at radius 1 is 1.21 bits per heavy atom. The summed E-state index contributed by atoms with van der Waals surface area (Å²) in [5.74, 6) is 0. The van der Waals surface area contributed by atoms with E-state index in [4.69, 9.17) is 0 Å². The number of hydrogen-bond donors (Lipinski definition) is 0. The number of benzene rings is 1. The van der Waals surface area contributed by atoms with Crippen LogP contribution in [0.3, 0.4) is 0 Å². The zero-order valence-corrected chi connectivity index (χ0v) is 9.25. The van der Waals surface area contributed by atoms with E-state index in [0.29, 0.717) is 0 Å². The summed E-state index contributed by atoms with van der Waals surface area (Å²) in [6.45, 7) is 6.32. The van der Waals surface area contributed by atoms with Crippen LogP contribution in [-0.2, 0) is 6.42 Å². The number of hydrogen-bond acceptors (Lipinski definition) is 0. The van der Waals surface area contributed by atoms with Crippen LogP contribution < -0.4 is 0 Å². The molecule has 0 heteroatoms. The van der Waals surface area contributed by atoms with Crippen LogP contribution >= 0.6 is 0 Å². The van der Waals surface area contributed by atoms with Gasteiger partial charge < -0.3 is 0 Å². The van der Waals surface area contributed by atoms with E-state index < -0.39 is 0 Å². The van der Waals surface area contributed by atoms with Crippen LogP contribution in [0, 0.1) is 6.92 Å². The molecule has 14 heavy (non-hydrogen) atoms. The van der Waals surface area contributed by atoms with Crippen molar-refractivity contribution in [2.24, 2.45) is 0 Å². The molecular formula is C14H18. The first-order valence-corrected chi connectivity index (χ1v) is 5.06. The molecule has 0 aromatic heterocycles. The van der Waals surface area contributed by atoms with E-state index in [2.05, 4.69) is 56.3 Å². The average molecular weight is 186 g/mol. The lowest BCUT2D eigenvalue weighted by atomic mass is 10.0. The van der Waals surface area contributed by atoms with Crippen LogP contribution in [-0.4, -0.2) is 0 Å². The van der Waals surface area contributed by atoms with Crippen molar-refractivity contribution in [2.75, 3.05) is 0 Å². The first-order chi connectivity index (χ1) is 6.72. The second-order valence-electron chi connectivity index (χ2n) is 3.70. The van der Waals surface area contributed by atoms with Gasteiger partial charge in [0.05, 0.1) is 0 Å². The summed E-state index contributed by atoms with van der Waals surface area (Å²) in [5, 5.41) is 0. The Bertz CT molecular complexity index is 326. The van der Waals surface area contributed by atoms with Gasteiger partial charge in [-0.1, -0.05) is 53.6 Å². The SMILES string of the molecule is C/C=C\C=C(/C)Cc1ccc(C)cc1. The van der Waals surface area contributed by atoms with E-state index in [1.165, 1.54) is 16.7 Å². The largest absolute Gasteiger partial charge is 0.0877 e. The molecule has 0 saturated carbocycles. The number of aryl methyl sites for hydroxylation is 1. The highest BCUT2D eigenvalue weighted by atomic mass is 14.0. The lowest BCUT2D eigenvalue weighted by molar-refractivity contribution is 1.14. The molecule has 0 atom stereocenters. The predicted molar refractivity (Wildman–Crippen MR) is 63.5 cm³/mol. The maximum atomic E-state index is 2.20. The van der Waals surface area contributed by atoms with Crippen molar-refractivity contribution in [3.05, 3.63) is 59.2 Å². The minimum absolute atomic E-state index is 1.05. The fourth-order valence-corrected chi connectivity index (χ4v) is 1.35. The lowest BCUT2D eigenvalue weighted by Gasteiger charge is -2.01. The van der Waals surface area contributed by atoms with Gasteiger partial charge in [0.25, 0.3) is 0 Å². The van der Waals surface area contributed by atoms with Crippen molar-refractivity contribution in [2.45, 2.75) is 27.2 Å². The van der Waals surface area contributed by atoms with Gasteiger partial charge in [0.1, 0.15) is 0 Å². The van der Waals surface area contributed by atoms with Gasteiger partial charge >= 0.3 is 0 Å². The molecule has 1 rings (SSSR count). The average Bonchev–Trinajstić information content (AvgIpc) is 2.18. The molecule has 0 aliphatic rings. The van der Waals surface area contributed by atoms with Gasteiger partial charge in [0.15, 0.2) is 0 Å². The molecule has 1 aromatic rings. The molecule has 0 nitrogen and oxygen atoms in total. The normalized spacial score (nSPS) is 12.4. The quantitative estimate of drug-likeness (QED) is 0.624. The molecule has 0 aliphatic carbocycles. The summed E-state index contributed by atoms with van der Waals surface area (Å²) in [6.07, 6.45) is 7.35. The van der Waals surface area contributed by atoms with Crippen molar-refractivity contribution < 1.29 is 0 Å². The Kier molecular flexibility index (Phi) is 4.18. The Balaban J connectivity index is 2.65. The van der Waals surface area contributed by atoms with Crippen molar-refractivity contribution in [1.29, 1.82) is 0 Å². The third kappa shape index (κ3) is 3.61. The summed E-state index contributed by atoms with van der Waals surface area (Å²) in [4.78, 5) is 0. The Hall–Kier alpha value is -1.30. The Morgan fingerprint density at radius 2 is 1.86 bits per heavy atom. The van der Waals surface area contributed by atoms with Crippen LogP contribution in [0.5, 0.6) is 0 Å². The molecule has 0 radical (unpaired) electrons. The van der Waals surface area contributed by atoms with Gasteiger partial charge in [-0.05, 0) is 32.8 Å². The highest BCUT2D eigenvalue weighted by molar-refractivity contribution is 5.26. The Labute approximate surface area is 87.0 Å². The van der Waals surface area contributed by atoms with Gasteiger partial charge in [-0.25, -0.2) is 0 Å². The third-order valence-corrected chi connectivity index (χ3v) is 2.18. The Morgan fingerprint density at radius 3 is 2.43 bits per heavy atom. The molecule has 0 amide bonds. The van der Waals surface area contributed by atoms with E-state index in [1.807, 2.05) is 6.92 Å². The lowest BCUT2D eigenvalue weighted by Crippen LogP contribution is -1.86. The standard InChI is InChI=1S/C14H18/c1-4-5-6-13(3)11-14-9-7-12(2)8-10-14/h4-10H,11H2,1-3H3/b5-4-,13-6+. The monoisotopic (exact) mass is 186 g/mol. The summed E-state index contributed by atoms with van der Waals surface area (Å²) in [6, 6.07) is 8.72. The molecule has 0 aliphatic heterocycles. The molecule has 0 bridgehead atoms. The number of allylic oxidation sites excluding steroid dienone is 4. The van der Waals surface area contributed by atoms with Gasteiger partial charge in [0.2, 0.25) is 0 Å². The highest BCUT2D eigenvalue weighted by Gasteiger charge is 1.93. The van der Waals surface area contributed by atoms with Crippen molar-refractivity contribution in [3.8, 4) is 0 Å². The summed E-state index contributed by atoms with van der Waals surface area (Å²) >= 11 is 0. The first-order valence-electron chi connectivity index (χ1n) is 5.06. The van der Waals surface area contributed by atoms with E-state index in [-0.39, 0.29) is 0 Å². The smallest absolute Gasteiger partial charge is 0.00668 e. The maximum absolute atomic E-state index is 2.20. The van der Waals surface area contributed by atoms with Crippen LogP contribution in [0.1, 0.15) is 25.0 Å². The molecule has 1 aromatic carbocycles. The molecule has 0 unspecified atom stereocenters. The van der Waals surface area contributed by atoms with Gasteiger partial charge in [-0.2, -0.15) is 0 Å². The van der Waals surface area contributed by atoms with Crippen molar-refractivity contribution in [3.63, 3.8) is 0 Å². The van der Waals surface area contributed by atoms with E-state index in [0.717, 1.165) is 6.42 Å². The van der Waals surface area contributed by atoms with Crippen LogP contribution in [0.2, 0.25) is 0 Å². The van der Waals surface area contributed by atoms with E-state index in [1.54, 1.807) is 0 Å². The highest BCUT2D eigenvalue weighted by Crippen LogP contribution is 2.09. The van der Waals surface area contributed by atoms with Crippen molar-refractivity contribution in [1.82, 2.24) is 0 Å². The zero-order valence-electron chi connectivity index (χ0n) is 9.25. The van der Waals surface area contributed by atoms with Crippen LogP contribution in [0.25, 0.3) is 0 Å². The molecule has 0 fully saturated rings. The van der Waals surface area contributed by atoms with Gasteiger partial charge in [-0.3, -0.25) is 0 Å². The third-order valence-electron chi connectivity index (χ3n) is 2.18. The first kappa shape index (κ1) is 10.8. The second-order valence-corrected chi connectivity index (χ2v) is 3.70. The zero-order chi connectivity index (χ0) is 10.4. The summed E-state index contributed by atoms with van der Waals surface area (Å²) in [5.41, 5.74) is 4.10. The fraction of sp³-hybridized carbons (Fsp3) is 0.286. The van der Waals surface area contributed by atoms with E-state index in [9.17, 15) is 0 Å². The van der Waals surface area contributed by atoms with E-state index >= 15 is 0 Å². The number of rotatable bonds is 3. The predicted octanol–water partition coefficient (Wildman–Crippen LogP) is 4.06. The summed E-state index contributed by atoms with van der Waals surface area (Å²) in [7, 11) is 0. The fourth-order valence-electron chi connectivity index (χ4n) is 1.35. The molecule has 74 valence electrons. The minimum Gasteiger partial charge on any atom is -0.0877 e. The summed E-state index contributed by atoms with van der Waals surface area (Å²) < 4.78 is 0. The van der Waals surface area contributed by atoms with Crippen LogP contribution in [0.15, 0.2) is 48.1 Å². The minimum atomic E-state index is 1.05. The maximum Gasteiger partial charge on any atom is -0.00668 e. The molecule has 0 N–H and O–H groups in total. The molecule has 0 spiro atoms. The van der Waals surface area contributed by atoms with Crippen LogP contribution in [0.4, 0.5) is 0 Å². The van der Waals surface area contributed by atoms with Crippen molar-refractivity contribution >= 4 is 0 Å².